The van der Waals surface area contributed by atoms with Gasteiger partial charge in [0.05, 0.1) is 26.0 Å². The molecule has 0 unspecified atom stereocenters. The van der Waals surface area contributed by atoms with E-state index in [0.717, 1.165) is 22.1 Å². The van der Waals surface area contributed by atoms with Crippen LogP contribution in [0.2, 0.25) is 0 Å². The van der Waals surface area contributed by atoms with Crippen molar-refractivity contribution in [3.63, 3.8) is 0 Å². The molecular weight excluding hydrogens is 392 g/mol. The van der Waals surface area contributed by atoms with Crippen molar-refractivity contribution in [2.24, 2.45) is 0 Å². The Labute approximate surface area is 180 Å². The Kier molecular flexibility index (Phi) is 6.03. The van der Waals surface area contributed by atoms with Gasteiger partial charge in [-0.05, 0) is 42.0 Å². The van der Waals surface area contributed by atoms with Crippen LogP contribution in [0, 0.1) is 0 Å². The zero-order valence-electron chi connectivity index (χ0n) is 17.3. The van der Waals surface area contributed by atoms with Crippen molar-refractivity contribution in [3.8, 4) is 17.2 Å². The fourth-order valence-electron chi connectivity index (χ4n) is 3.26. The summed E-state index contributed by atoms with van der Waals surface area (Å²) in [6.45, 7) is 0.350. The van der Waals surface area contributed by atoms with Crippen molar-refractivity contribution < 1.29 is 23.4 Å². The fraction of sp³-hybridized carbons (Fsp3) is 0.115. The summed E-state index contributed by atoms with van der Waals surface area (Å²) in [6.07, 6.45) is 4.87. The highest BCUT2D eigenvalue weighted by molar-refractivity contribution is 6.09. The highest BCUT2D eigenvalue weighted by Gasteiger charge is 2.13. The number of fused-ring (bicyclic) bond motifs is 1. The first-order valence-corrected chi connectivity index (χ1v) is 9.80. The molecule has 0 radical (unpaired) electrons. The van der Waals surface area contributed by atoms with E-state index in [1.165, 1.54) is 6.08 Å². The maximum Gasteiger partial charge on any atom is 0.189 e. The second-order valence-corrected chi connectivity index (χ2v) is 6.89. The molecule has 0 aliphatic heterocycles. The quantitative estimate of drug-likeness (QED) is 0.264. The lowest BCUT2D eigenvalue weighted by Gasteiger charge is -2.12. The summed E-state index contributed by atoms with van der Waals surface area (Å²) in [5, 5.41) is 0.934. The number of allylic oxidation sites excluding steroid dienone is 1. The predicted octanol–water partition coefficient (Wildman–Crippen LogP) is 5.93. The van der Waals surface area contributed by atoms with E-state index in [0.29, 0.717) is 29.4 Å². The zero-order chi connectivity index (χ0) is 21.6. The molecule has 0 N–H and O–H groups in total. The number of hydrogen-bond acceptors (Lipinski definition) is 5. The number of carbonyl (C=O) groups excluding carboxylic acids is 1. The summed E-state index contributed by atoms with van der Waals surface area (Å²) in [7, 11) is 3.16. The molecule has 0 spiro atoms. The summed E-state index contributed by atoms with van der Waals surface area (Å²) in [6, 6.07) is 20.6. The molecule has 0 bridgehead atoms. The number of methoxy groups -OCH3 is 2. The third kappa shape index (κ3) is 4.61. The van der Waals surface area contributed by atoms with E-state index in [4.69, 9.17) is 18.6 Å². The van der Waals surface area contributed by atoms with Gasteiger partial charge < -0.3 is 18.6 Å². The maximum absolute atomic E-state index is 13.0. The van der Waals surface area contributed by atoms with E-state index in [-0.39, 0.29) is 5.78 Å². The van der Waals surface area contributed by atoms with Crippen LogP contribution in [-0.4, -0.2) is 20.0 Å². The van der Waals surface area contributed by atoms with Gasteiger partial charge in [-0.25, -0.2) is 0 Å². The molecule has 156 valence electrons. The number of ketones is 1. The molecule has 1 aromatic heterocycles. The molecule has 0 aliphatic carbocycles. The van der Waals surface area contributed by atoms with E-state index in [2.05, 4.69) is 0 Å². The van der Waals surface area contributed by atoms with Gasteiger partial charge in [0.25, 0.3) is 0 Å². The normalized spacial score (nSPS) is 11.0. The number of ether oxygens (including phenoxy) is 3. The lowest BCUT2D eigenvalue weighted by atomic mass is 10.1. The molecule has 5 nitrogen and oxygen atoms in total. The van der Waals surface area contributed by atoms with E-state index >= 15 is 0 Å². The minimum Gasteiger partial charge on any atom is -0.497 e. The molecule has 0 saturated carbocycles. The summed E-state index contributed by atoms with van der Waals surface area (Å²) >= 11 is 0. The Balaban J connectivity index is 1.60. The Morgan fingerprint density at radius 2 is 1.77 bits per heavy atom. The Hall–Kier alpha value is -3.99. The first kappa shape index (κ1) is 20.3. The summed E-state index contributed by atoms with van der Waals surface area (Å²) in [4.78, 5) is 13.0. The third-order valence-corrected chi connectivity index (χ3v) is 4.91. The molecule has 0 saturated heterocycles. The second kappa shape index (κ2) is 9.22. The van der Waals surface area contributed by atoms with Gasteiger partial charge >= 0.3 is 0 Å². The monoisotopic (exact) mass is 414 g/mol. The van der Waals surface area contributed by atoms with Gasteiger partial charge in [0.15, 0.2) is 5.78 Å². The topological polar surface area (TPSA) is 57.9 Å². The number of rotatable bonds is 8. The van der Waals surface area contributed by atoms with Crippen LogP contribution in [0.3, 0.4) is 0 Å². The summed E-state index contributed by atoms with van der Waals surface area (Å²) < 4.78 is 22.1. The first-order chi connectivity index (χ1) is 15.2. The second-order valence-electron chi connectivity index (χ2n) is 6.89. The van der Waals surface area contributed by atoms with Crippen molar-refractivity contribution in [3.05, 3.63) is 95.8 Å². The van der Waals surface area contributed by atoms with E-state index in [1.807, 2.05) is 42.5 Å². The lowest BCUT2D eigenvalue weighted by molar-refractivity contribution is 0.104. The molecule has 1 heterocycles. The molecule has 0 atom stereocenters. The van der Waals surface area contributed by atoms with Gasteiger partial charge in [0.1, 0.15) is 29.4 Å². The van der Waals surface area contributed by atoms with Crippen molar-refractivity contribution in [2.75, 3.05) is 14.2 Å². The average molecular weight is 414 g/mol. The van der Waals surface area contributed by atoms with Crippen molar-refractivity contribution in [1.29, 1.82) is 0 Å². The van der Waals surface area contributed by atoms with Crippen LogP contribution >= 0.6 is 0 Å². The SMILES string of the molecule is COc1ccc(C(=O)/C=C/c2cc3ccoc3cc2OC)c(OCc2ccccc2)c1. The van der Waals surface area contributed by atoms with Gasteiger partial charge in [-0.2, -0.15) is 0 Å². The minimum absolute atomic E-state index is 0.181. The fourth-order valence-corrected chi connectivity index (χ4v) is 3.26. The minimum atomic E-state index is -0.181. The van der Waals surface area contributed by atoms with Gasteiger partial charge in [0, 0.05) is 23.1 Å². The van der Waals surface area contributed by atoms with Crippen LogP contribution < -0.4 is 14.2 Å². The van der Waals surface area contributed by atoms with Crippen LogP contribution in [0.4, 0.5) is 0 Å². The van der Waals surface area contributed by atoms with Gasteiger partial charge in [-0.3, -0.25) is 4.79 Å². The van der Waals surface area contributed by atoms with Crippen LogP contribution in [0.1, 0.15) is 21.5 Å². The van der Waals surface area contributed by atoms with Crippen molar-refractivity contribution >= 4 is 22.8 Å². The van der Waals surface area contributed by atoms with Crippen LogP contribution in [0.5, 0.6) is 17.2 Å². The Bertz CT molecular complexity index is 1220. The van der Waals surface area contributed by atoms with Crippen LogP contribution in [0.25, 0.3) is 17.0 Å². The third-order valence-electron chi connectivity index (χ3n) is 4.91. The molecule has 3 aromatic carbocycles. The van der Waals surface area contributed by atoms with Gasteiger partial charge in [-0.1, -0.05) is 30.3 Å². The highest BCUT2D eigenvalue weighted by Crippen LogP contribution is 2.29. The molecule has 5 heteroatoms. The molecule has 0 amide bonds. The van der Waals surface area contributed by atoms with Crippen LogP contribution in [0.15, 0.2) is 83.5 Å². The standard InChI is InChI=1S/C26H22O5/c1-28-21-9-10-22(26(15-21)31-17-18-6-4-3-5-7-18)23(27)11-8-19-14-20-12-13-30-25(20)16-24(19)29-2/h3-16H,17H2,1-2H3/b11-8+. The van der Waals surface area contributed by atoms with Crippen molar-refractivity contribution in [2.45, 2.75) is 6.61 Å². The number of hydrogen-bond donors (Lipinski definition) is 0. The largest absolute Gasteiger partial charge is 0.497 e. The molecule has 4 aromatic rings. The number of furan rings is 1. The van der Waals surface area contributed by atoms with Gasteiger partial charge in [0.2, 0.25) is 0 Å². The first-order valence-electron chi connectivity index (χ1n) is 9.80. The average Bonchev–Trinajstić information content (AvgIpc) is 3.28. The van der Waals surface area contributed by atoms with E-state index in [9.17, 15) is 4.79 Å². The van der Waals surface area contributed by atoms with E-state index < -0.39 is 0 Å². The lowest BCUT2D eigenvalue weighted by Crippen LogP contribution is -2.03. The maximum atomic E-state index is 13.0. The summed E-state index contributed by atoms with van der Waals surface area (Å²) in [5.74, 6) is 1.53. The molecular formula is C26H22O5. The molecule has 4 rings (SSSR count). The molecule has 31 heavy (non-hydrogen) atoms. The van der Waals surface area contributed by atoms with Crippen molar-refractivity contribution in [1.82, 2.24) is 0 Å². The Morgan fingerprint density at radius 3 is 2.55 bits per heavy atom. The Morgan fingerprint density at radius 1 is 0.935 bits per heavy atom. The zero-order valence-corrected chi connectivity index (χ0v) is 17.3. The number of benzene rings is 3. The van der Waals surface area contributed by atoms with E-state index in [1.54, 1.807) is 50.8 Å². The van der Waals surface area contributed by atoms with Gasteiger partial charge in [-0.15, -0.1) is 0 Å². The summed E-state index contributed by atoms with van der Waals surface area (Å²) in [5.41, 5.74) is 2.98. The predicted molar refractivity (Wildman–Crippen MR) is 120 cm³/mol. The van der Waals surface area contributed by atoms with Crippen LogP contribution in [-0.2, 0) is 6.61 Å². The molecule has 0 aliphatic rings. The smallest absolute Gasteiger partial charge is 0.189 e. The highest BCUT2D eigenvalue weighted by atomic mass is 16.5. The number of carbonyl (C=O) groups is 1. The molecule has 0 fully saturated rings.